The Kier molecular flexibility index (Phi) is 6.94. The number of unbranched alkanes of at least 4 members (excludes halogenated alkanes) is 1. The third-order valence-electron chi connectivity index (χ3n) is 2.94. The maximum absolute atomic E-state index is 11.3. The fraction of sp³-hybridized carbons (Fsp3) is 0.692. The van der Waals surface area contributed by atoms with Gasteiger partial charge in [0.2, 0.25) is 0 Å². The molecule has 1 heterocycles. The number of thioether (sulfide) groups is 1. The summed E-state index contributed by atoms with van der Waals surface area (Å²) in [7, 11) is 0. The van der Waals surface area contributed by atoms with Crippen LogP contribution in [0.5, 0.6) is 0 Å². The molecule has 108 valence electrons. The van der Waals surface area contributed by atoms with Crippen LogP contribution in [0, 0.1) is 0 Å². The van der Waals surface area contributed by atoms with E-state index in [-0.39, 0.29) is 0 Å². The van der Waals surface area contributed by atoms with Gasteiger partial charge in [0.1, 0.15) is 11.8 Å². The van der Waals surface area contributed by atoms with Crippen LogP contribution in [0.15, 0.2) is 22.1 Å². The van der Waals surface area contributed by atoms with Crippen molar-refractivity contribution in [3.8, 4) is 0 Å². The van der Waals surface area contributed by atoms with E-state index in [1.807, 2.05) is 6.92 Å². The van der Waals surface area contributed by atoms with Gasteiger partial charge in [-0.05, 0) is 32.7 Å². The highest BCUT2D eigenvalue weighted by molar-refractivity contribution is 7.99. The van der Waals surface area contributed by atoms with Gasteiger partial charge in [-0.2, -0.15) is 0 Å². The van der Waals surface area contributed by atoms with Crippen molar-refractivity contribution in [3.63, 3.8) is 0 Å². The van der Waals surface area contributed by atoms with E-state index >= 15 is 0 Å². The first-order chi connectivity index (χ1) is 9.08. The number of hydrogen-bond donors (Lipinski definition) is 2. The van der Waals surface area contributed by atoms with E-state index in [0.29, 0.717) is 11.6 Å². The average Bonchev–Trinajstić information content (AvgIpc) is 2.89. The van der Waals surface area contributed by atoms with Crippen LogP contribution in [0.3, 0.4) is 0 Å². The first kappa shape index (κ1) is 16.0. The maximum Gasteiger partial charge on any atom is 0.323 e. The number of carboxylic acids is 1. The summed E-state index contributed by atoms with van der Waals surface area (Å²) in [6, 6.07) is 0. The molecule has 2 N–H and O–H groups in total. The fourth-order valence-corrected chi connectivity index (χ4v) is 2.48. The van der Waals surface area contributed by atoms with Crippen molar-refractivity contribution in [3.05, 3.63) is 12.5 Å². The Labute approximate surface area is 118 Å². The average molecular weight is 286 g/mol. The fourth-order valence-electron chi connectivity index (χ4n) is 1.69. The lowest BCUT2D eigenvalue weighted by Gasteiger charge is -2.26. The molecule has 19 heavy (non-hydrogen) atoms. The van der Waals surface area contributed by atoms with Crippen LogP contribution in [0.25, 0.3) is 0 Å². The highest BCUT2D eigenvalue weighted by Crippen LogP contribution is 2.19. The first-order valence-electron chi connectivity index (χ1n) is 6.59. The summed E-state index contributed by atoms with van der Waals surface area (Å²) in [5.74, 6) is 0.116. The van der Waals surface area contributed by atoms with Crippen LogP contribution in [0.2, 0.25) is 0 Å². The zero-order chi connectivity index (χ0) is 14.1. The molecule has 0 fully saturated rings. The predicted molar refractivity (Wildman–Crippen MR) is 75.4 cm³/mol. The molecule has 5 nitrogen and oxygen atoms in total. The molecule has 0 bridgehead atoms. The third kappa shape index (κ3) is 5.65. The summed E-state index contributed by atoms with van der Waals surface area (Å²) < 4.78 is 5.12. The number of rotatable bonds is 10. The summed E-state index contributed by atoms with van der Waals surface area (Å²) in [5.41, 5.74) is -0.816. The van der Waals surface area contributed by atoms with Crippen LogP contribution in [-0.4, -0.2) is 33.9 Å². The monoisotopic (exact) mass is 286 g/mol. The van der Waals surface area contributed by atoms with Gasteiger partial charge in [-0.1, -0.05) is 25.1 Å². The van der Waals surface area contributed by atoms with Gasteiger partial charge in [0.25, 0.3) is 5.22 Å². The Balaban J connectivity index is 2.22. The summed E-state index contributed by atoms with van der Waals surface area (Å²) in [6.07, 6.45) is 6.56. The molecule has 1 rings (SSSR count). The van der Waals surface area contributed by atoms with E-state index in [0.717, 1.165) is 31.6 Å². The van der Waals surface area contributed by atoms with Crippen molar-refractivity contribution in [1.29, 1.82) is 0 Å². The van der Waals surface area contributed by atoms with Crippen molar-refractivity contribution in [1.82, 2.24) is 10.3 Å². The van der Waals surface area contributed by atoms with Crippen molar-refractivity contribution in [2.24, 2.45) is 0 Å². The molecule has 0 amide bonds. The second-order valence-electron chi connectivity index (χ2n) is 4.67. The molecule has 6 heteroatoms. The lowest BCUT2D eigenvalue weighted by molar-refractivity contribution is -0.144. The predicted octanol–water partition coefficient (Wildman–Crippen LogP) is 2.78. The molecule has 1 atom stereocenters. The normalized spacial score (nSPS) is 14.2. The molecule has 1 unspecified atom stereocenters. The number of aromatic nitrogens is 1. The molecule has 0 aliphatic heterocycles. The van der Waals surface area contributed by atoms with Crippen LogP contribution in [0.4, 0.5) is 0 Å². The zero-order valence-corrected chi connectivity index (χ0v) is 12.3. The molecule has 0 radical (unpaired) electrons. The Bertz CT molecular complexity index is 370. The highest BCUT2D eigenvalue weighted by Gasteiger charge is 2.31. The second kappa shape index (κ2) is 8.22. The van der Waals surface area contributed by atoms with Gasteiger partial charge in [0, 0.05) is 5.75 Å². The minimum Gasteiger partial charge on any atom is -0.480 e. The molecule has 0 saturated carbocycles. The van der Waals surface area contributed by atoms with E-state index in [1.165, 1.54) is 0 Å². The van der Waals surface area contributed by atoms with Gasteiger partial charge in [0.15, 0.2) is 0 Å². The summed E-state index contributed by atoms with van der Waals surface area (Å²) in [5, 5.41) is 13.1. The third-order valence-corrected chi connectivity index (χ3v) is 3.88. The maximum atomic E-state index is 11.3. The Morgan fingerprint density at radius 2 is 2.37 bits per heavy atom. The SMILES string of the molecule is CCCNC(C)(CCCCSc1ncco1)C(=O)O. The van der Waals surface area contributed by atoms with Crippen LogP contribution >= 0.6 is 11.8 Å². The first-order valence-corrected chi connectivity index (χ1v) is 7.58. The zero-order valence-electron chi connectivity index (χ0n) is 11.5. The van der Waals surface area contributed by atoms with E-state index < -0.39 is 11.5 Å². The number of carbonyl (C=O) groups is 1. The number of aliphatic carboxylic acids is 1. The highest BCUT2D eigenvalue weighted by atomic mass is 32.2. The van der Waals surface area contributed by atoms with Gasteiger partial charge in [-0.3, -0.25) is 4.79 Å². The molecular formula is C13H22N2O3S. The minimum absolute atomic E-state index is 0.633. The van der Waals surface area contributed by atoms with E-state index in [2.05, 4.69) is 10.3 Å². The number of oxazole rings is 1. The van der Waals surface area contributed by atoms with Gasteiger partial charge < -0.3 is 14.8 Å². The summed E-state index contributed by atoms with van der Waals surface area (Å²) in [4.78, 5) is 15.3. The largest absolute Gasteiger partial charge is 0.480 e. The van der Waals surface area contributed by atoms with Gasteiger partial charge >= 0.3 is 5.97 Å². The molecule has 0 aliphatic rings. The quantitative estimate of drug-likeness (QED) is 0.509. The van der Waals surface area contributed by atoms with Gasteiger partial charge in [0.05, 0.1) is 6.20 Å². The second-order valence-corrected chi connectivity index (χ2v) is 5.71. The molecule has 0 aliphatic carbocycles. The number of nitrogens with zero attached hydrogens (tertiary/aromatic N) is 1. The molecular weight excluding hydrogens is 264 g/mol. The summed E-state index contributed by atoms with van der Waals surface area (Å²) in [6.45, 7) is 4.52. The van der Waals surface area contributed by atoms with Crippen molar-refractivity contribution < 1.29 is 14.3 Å². The molecule has 1 aromatic rings. The van der Waals surface area contributed by atoms with Crippen LogP contribution in [0.1, 0.15) is 39.5 Å². The Hall–Kier alpha value is -1.01. The lowest BCUT2D eigenvalue weighted by Crippen LogP contribution is -2.49. The van der Waals surface area contributed by atoms with Gasteiger partial charge in [-0.15, -0.1) is 0 Å². The van der Waals surface area contributed by atoms with E-state index in [9.17, 15) is 9.90 Å². The van der Waals surface area contributed by atoms with E-state index in [1.54, 1.807) is 31.1 Å². The van der Waals surface area contributed by atoms with Crippen molar-refractivity contribution in [2.45, 2.75) is 50.3 Å². The van der Waals surface area contributed by atoms with Crippen molar-refractivity contribution in [2.75, 3.05) is 12.3 Å². The smallest absolute Gasteiger partial charge is 0.323 e. The lowest BCUT2D eigenvalue weighted by atomic mass is 9.95. The van der Waals surface area contributed by atoms with Crippen LogP contribution in [-0.2, 0) is 4.79 Å². The minimum atomic E-state index is -0.816. The van der Waals surface area contributed by atoms with Gasteiger partial charge in [-0.25, -0.2) is 4.98 Å². The standard InChI is InChI=1S/C13H22N2O3S/c1-3-7-15-13(2,11(16)17)6-4-5-10-19-12-14-8-9-18-12/h8-9,15H,3-7,10H2,1-2H3,(H,16,17). The number of hydrogen-bond acceptors (Lipinski definition) is 5. The van der Waals surface area contributed by atoms with Crippen molar-refractivity contribution >= 4 is 17.7 Å². The molecule has 0 aromatic carbocycles. The molecule has 1 aromatic heterocycles. The Morgan fingerprint density at radius 1 is 1.58 bits per heavy atom. The molecule has 0 spiro atoms. The number of nitrogens with one attached hydrogen (secondary N) is 1. The topological polar surface area (TPSA) is 75.4 Å². The van der Waals surface area contributed by atoms with Crippen LogP contribution < -0.4 is 5.32 Å². The van der Waals surface area contributed by atoms with E-state index in [4.69, 9.17) is 4.42 Å². The Morgan fingerprint density at radius 3 is 2.95 bits per heavy atom. The number of carboxylic acid groups (broad SMARTS) is 1. The molecule has 0 saturated heterocycles. The summed E-state index contributed by atoms with van der Waals surface area (Å²) >= 11 is 1.56.